The van der Waals surface area contributed by atoms with Gasteiger partial charge in [-0.1, -0.05) is 0 Å². The largest absolute Gasteiger partial charge is 0.438 e. The second-order valence-electron chi connectivity index (χ2n) is 7.91. The van der Waals surface area contributed by atoms with E-state index in [1.54, 1.807) is 0 Å². The number of halogens is 6. The molecular weight excluding hydrogens is 520 g/mol. The smallest absolute Gasteiger partial charge is 0.421 e. The summed E-state index contributed by atoms with van der Waals surface area (Å²) >= 11 is 0. The molecule has 0 bridgehead atoms. The van der Waals surface area contributed by atoms with Crippen LogP contribution in [-0.2, 0) is 19.1 Å². The molecular formula is C23H17F6N7O2. The third-order valence-electron chi connectivity index (χ3n) is 5.28. The summed E-state index contributed by atoms with van der Waals surface area (Å²) in [5.74, 6) is 0.541. The van der Waals surface area contributed by atoms with Gasteiger partial charge in [0.15, 0.2) is 0 Å². The van der Waals surface area contributed by atoms with Gasteiger partial charge in [-0.3, -0.25) is 4.79 Å². The Morgan fingerprint density at radius 1 is 1.08 bits per heavy atom. The number of alkyl halides is 3. The summed E-state index contributed by atoms with van der Waals surface area (Å²) in [5, 5.41) is 3.36. The van der Waals surface area contributed by atoms with Gasteiger partial charge in [0.2, 0.25) is 5.88 Å². The number of hydrogen-bond acceptors (Lipinski definition) is 7. The molecule has 0 radical (unpaired) electrons. The Bertz CT molecular complexity index is 1580. The van der Waals surface area contributed by atoms with Crippen LogP contribution in [0.1, 0.15) is 16.7 Å². The van der Waals surface area contributed by atoms with Crippen LogP contribution < -0.4 is 27.4 Å². The van der Waals surface area contributed by atoms with Crippen molar-refractivity contribution in [2.45, 2.75) is 19.1 Å². The Morgan fingerprint density at radius 2 is 1.79 bits per heavy atom. The third-order valence-corrected chi connectivity index (χ3v) is 5.28. The fourth-order valence-electron chi connectivity index (χ4n) is 3.59. The Balaban J connectivity index is 1.70. The second-order valence-corrected chi connectivity index (χ2v) is 7.91. The van der Waals surface area contributed by atoms with Crippen molar-refractivity contribution in [2.75, 3.05) is 0 Å². The van der Waals surface area contributed by atoms with E-state index in [2.05, 4.69) is 15.1 Å². The molecule has 0 spiro atoms. The highest BCUT2D eigenvalue weighted by atomic mass is 19.4. The molecule has 0 aliphatic heterocycles. The Morgan fingerprint density at radius 3 is 2.45 bits per heavy atom. The lowest BCUT2D eigenvalue weighted by molar-refractivity contribution is -0.138. The predicted molar refractivity (Wildman–Crippen MR) is 123 cm³/mol. The third kappa shape index (κ3) is 5.67. The predicted octanol–water partition coefficient (Wildman–Crippen LogP) is 3.35. The van der Waals surface area contributed by atoms with Crippen LogP contribution in [0.3, 0.4) is 0 Å². The Labute approximate surface area is 209 Å². The van der Waals surface area contributed by atoms with Crippen molar-refractivity contribution in [2.24, 2.45) is 16.7 Å². The molecule has 4 aromatic rings. The summed E-state index contributed by atoms with van der Waals surface area (Å²) in [6, 6.07) is 5.45. The van der Waals surface area contributed by atoms with Gasteiger partial charge in [0.05, 0.1) is 23.8 Å². The first-order chi connectivity index (χ1) is 18.0. The maximum absolute atomic E-state index is 14.1. The minimum atomic E-state index is -4.86. The number of rotatable bonds is 7. The minimum Gasteiger partial charge on any atom is -0.438 e. The minimum absolute atomic E-state index is 0.0760. The lowest BCUT2D eigenvalue weighted by atomic mass is 10.1. The van der Waals surface area contributed by atoms with Gasteiger partial charge >= 0.3 is 6.18 Å². The molecule has 0 saturated carbocycles. The van der Waals surface area contributed by atoms with Crippen LogP contribution >= 0.6 is 0 Å². The lowest BCUT2D eigenvalue weighted by Crippen LogP contribution is -2.24. The van der Waals surface area contributed by atoms with Crippen LogP contribution in [0.4, 0.5) is 26.3 Å². The van der Waals surface area contributed by atoms with Crippen molar-refractivity contribution in [1.82, 2.24) is 20.1 Å². The maximum atomic E-state index is 14.1. The number of nitrogens with two attached hydrogens (primary N) is 2. The summed E-state index contributed by atoms with van der Waals surface area (Å²) in [6.07, 6.45) is -2.91. The first-order valence-corrected chi connectivity index (χ1v) is 10.6. The molecule has 9 nitrogen and oxygen atoms in total. The molecule has 198 valence electrons. The average Bonchev–Trinajstić information content (AvgIpc) is 2.83. The molecule has 4 rings (SSSR count). The highest BCUT2D eigenvalue weighted by Gasteiger charge is 2.36. The van der Waals surface area contributed by atoms with Crippen molar-refractivity contribution < 1.29 is 31.1 Å². The van der Waals surface area contributed by atoms with Gasteiger partial charge < -0.3 is 15.0 Å². The number of aromatic nitrogens is 3. The molecule has 5 N–H and O–H groups in total. The van der Waals surface area contributed by atoms with Gasteiger partial charge in [-0.15, -0.1) is 0 Å². The number of hydrazone groups is 1. The fraction of sp³-hybridized carbons (Fsp3) is 0.130. The highest BCUT2D eigenvalue weighted by molar-refractivity contribution is 5.82. The summed E-state index contributed by atoms with van der Waals surface area (Å²) in [7, 11) is 0. The number of ether oxygens (including phenoxy) is 1. The van der Waals surface area contributed by atoms with Gasteiger partial charge in [-0.05, 0) is 29.8 Å². The van der Waals surface area contributed by atoms with Crippen LogP contribution in [-0.4, -0.2) is 20.4 Å². The van der Waals surface area contributed by atoms with E-state index in [1.165, 1.54) is 16.7 Å². The maximum Gasteiger partial charge on any atom is 0.421 e. The van der Waals surface area contributed by atoms with E-state index in [-0.39, 0.29) is 34.5 Å². The lowest BCUT2D eigenvalue weighted by Gasteiger charge is -2.15. The van der Waals surface area contributed by atoms with E-state index >= 15 is 0 Å². The van der Waals surface area contributed by atoms with Crippen LogP contribution in [0.25, 0.3) is 10.9 Å². The van der Waals surface area contributed by atoms with Gasteiger partial charge in [0.1, 0.15) is 34.6 Å². The molecule has 0 unspecified atom stereocenters. The topological polar surface area (TPSA) is 133 Å². The zero-order valence-electron chi connectivity index (χ0n) is 19.1. The Kier molecular flexibility index (Phi) is 7.21. The van der Waals surface area contributed by atoms with E-state index in [0.717, 1.165) is 24.7 Å². The van der Waals surface area contributed by atoms with E-state index in [9.17, 15) is 31.1 Å². The normalized spacial score (nSPS) is 12.1. The second kappa shape index (κ2) is 10.4. The van der Waals surface area contributed by atoms with Crippen molar-refractivity contribution in [3.63, 3.8) is 0 Å². The number of nitrogens with zero attached hydrogens (tertiary/aromatic N) is 4. The summed E-state index contributed by atoms with van der Waals surface area (Å²) in [5.41, 5.74) is 5.24. The molecule has 0 saturated heterocycles. The summed E-state index contributed by atoms with van der Waals surface area (Å²) in [4.78, 5) is 19.8. The zero-order valence-corrected chi connectivity index (χ0v) is 19.1. The molecule has 0 atom stereocenters. The SMILES string of the molecule is NNN=C(N)Cc1cnc(Oc2ccc3c(c2)c(=O)ncn3Cc2c(F)cc(F)cc2F)c(C(F)(F)F)c1. The van der Waals surface area contributed by atoms with E-state index < -0.39 is 52.7 Å². The van der Waals surface area contributed by atoms with Crippen LogP contribution in [0, 0.1) is 17.5 Å². The summed E-state index contributed by atoms with van der Waals surface area (Å²) in [6.45, 7) is -0.449. The zero-order chi connectivity index (χ0) is 27.6. The molecule has 15 heteroatoms. The van der Waals surface area contributed by atoms with Crippen molar-refractivity contribution in [3.8, 4) is 11.6 Å². The standard InChI is InChI=1S/C23H17F6N7O2/c24-12-5-17(25)15(18(26)6-12)9-36-10-33-21(37)14-7-13(1-2-19(14)36)38-22-16(23(27,28)29)3-11(8-32-22)4-20(30)34-35-31/h1-3,5-8,10,35H,4,9,31H2,(H2,30,34). The monoisotopic (exact) mass is 537 g/mol. The number of hydrazine groups is 1. The van der Waals surface area contributed by atoms with Crippen molar-refractivity contribution in [1.29, 1.82) is 0 Å². The van der Waals surface area contributed by atoms with E-state index in [1.807, 2.05) is 5.53 Å². The van der Waals surface area contributed by atoms with Gasteiger partial charge in [0, 0.05) is 30.3 Å². The molecule has 0 fully saturated rings. The molecule has 2 aromatic heterocycles. The molecule has 2 heterocycles. The number of amidine groups is 1. The molecule has 2 aromatic carbocycles. The van der Waals surface area contributed by atoms with Crippen molar-refractivity contribution >= 4 is 16.7 Å². The Hall–Kier alpha value is -4.66. The first kappa shape index (κ1) is 26.4. The molecule has 38 heavy (non-hydrogen) atoms. The number of nitrogens with one attached hydrogen (secondary N) is 1. The van der Waals surface area contributed by atoms with Crippen LogP contribution in [0.2, 0.25) is 0 Å². The summed E-state index contributed by atoms with van der Waals surface area (Å²) < 4.78 is 89.3. The van der Waals surface area contributed by atoms with Gasteiger partial charge in [0.25, 0.3) is 5.56 Å². The number of fused-ring (bicyclic) bond motifs is 1. The van der Waals surface area contributed by atoms with Gasteiger partial charge in [-0.25, -0.2) is 29.5 Å². The fourth-order valence-corrected chi connectivity index (χ4v) is 3.59. The highest BCUT2D eigenvalue weighted by Crippen LogP contribution is 2.37. The van der Waals surface area contributed by atoms with E-state index in [0.29, 0.717) is 12.1 Å². The number of pyridine rings is 1. The van der Waals surface area contributed by atoms with Crippen LogP contribution in [0.15, 0.2) is 58.8 Å². The van der Waals surface area contributed by atoms with E-state index in [4.69, 9.17) is 16.3 Å². The number of benzene rings is 2. The number of hydrogen-bond donors (Lipinski definition) is 3. The average molecular weight is 537 g/mol. The molecule has 0 aliphatic carbocycles. The van der Waals surface area contributed by atoms with Gasteiger partial charge in [-0.2, -0.15) is 23.3 Å². The first-order valence-electron chi connectivity index (χ1n) is 10.6. The molecule has 0 aliphatic rings. The quantitative estimate of drug-likeness (QED) is 0.108. The van der Waals surface area contributed by atoms with Crippen molar-refractivity contribution in [3.05, 3.63) is 93.4 Å². The molecule has 0 amide bonds. The van der Waals surface area contributed by atoms with Crippen LogP contribution in [0.5, 0.6) is 11.6 Å².